The van der Waals surface area contributed by atoms with Crippen LogP contribution in [0.4, 0.5) is 5.69 Å². The maximum absolute atomic E-state index is 11.9. The predicted molar refractivity (Wildman–Crippen MR) is 86.2 cm³/mol. The summed E-state index contributed by atoms with van der Waals surface area (Å²) in [5.74, 6) is -1.13. The molecule has 0 radical (unpaired) electrons. The molecule has 2 N–H and O–H groups in total. The molecule has 24 heavy (non-hydrogen) atoms. The molecule has 0 spiro atoms. The number of rotatable bonds is 6. The van der Waals surface area contributed by atoms with E-state index in [9.17, 15) is 19.7 Å². The number of likely N-dealkylation sites (tertiary alicyclic amines) is 1. The van der Waals surface area contributed by atoms with E-state index in [4.69, 9.17) is 10.5 Å². The Hall–Kier alpha value is -2.48. The molecule has 1 aliphatic heterocycles. The average molecular weight is 335 g/mol. The maximum atomic E-state index is 11.9. The van der Waals surface area contributed by atoms with E-state index < -0.39 is 10.8 Å². The van der Waals surface area contributed by atoms with Gasteiger partial charge in [0.2, 0.25) is 5.91 Å². The van der Waals surface area contributed by atoms with Crippen molar-refractivity contribution in [3.8, 4) is 0 Å². The molecular weight excluding hydrogens is 314 g/mol. The van der Waals surface area contributed by atoms with Gasteiger partial charge in [0.05, 0.1) is 17.4 Å². The van der Waals surface area contributed by atoms with E-state index in [0.29, 0.717) is 25.3 Å². The van der Waals surface area contributed by atoms with Crippen LogP contribution in [-0.2, 0) is 16.1 Å². The van der Waals surface area contributed by atoms with Crippen molar-refractivity contribution in [3.05, 3.63) is 39.4 Å². The molecule has 1 atom stereocenters. The van der Waals surface area contributed by atoms with E-state index in [1.807, 2.05) is 4.90 Å². The summed E-state index contributed by atoms with van der Waals surface area (Å²) in [7, 11) is 0. The number of nitro groups is 1. The van der Waals surface area contributed by atoms with Gasteiger partial charge in [-0.3, -0.25) is 24.6 Å². The number of piperidine rings is 1. The van der Waals surface area contributed by atoms with E-state index in [-0.39, 0.29) is 23.1 Å². The molecule has 1 fully saturated rings. The van der Waals surface area contributed by atoms with Crippen LogP contribution in [0.15, 0.2) is 18.2 Å². The van der Waals surface area contributed by atoms with Gasteiger partial charge in [-0.15, -0.1) is 0 Å². The fourth-order valence-corrected chi connectivity index (χ4v) is 2.91. The van der Waals surface area contributed by atoms with Gasteiger partial charge in [0.15, 0.2) is 0 Å². The van der Waals surface area contributed by atoms with Gasteiger partial charge in [-0.1, -0.05) is 6.07 Å². The first-order valence-electron chi connectivity index (χ1n) is 7.88. The van der Waals surface area contributed by atoms with Crippen LogP contribution in [0.5, 0.6) is 0 Å². The van der Waals surface area contributed by atoms with Gasteiger partial charge in [-0.2, -0.15) is 0 Å². The van der Waals surface area contributed by atoms with Crippen molar-refractivity contribution < 1.29 is 19.2 Å². The smallest absolute Gasteiger partial charge is 0.310 e. The van der Waals surface area contributed by atoms with Crippen molar-refractivity contribution >= 4 is 17.6 Å². The summed E-state index contributed by atoms with van der Waals surface area (Å²) in [6.45, 7) is 3.71. The lowest BCUT2D eigenvalue weighted by molar-refractivity contribution is -0.385. The van der Waals surface area contributed by atoms with E-state index in [2.05, 4.69) is 0 Å². The maximum Gasteiger partial charge on any atom is 0.310 e. The standard InChI is InChI=1S/C16H21N3O5/c1-2-24-16(21)13-4-3-7-18(10-13)9-12-6-5-11(15(17)20)8-14(12)19(22)23/h5-6,8,13H,2-4,7,9-10H2,1H3,(H2,17,20). The average Bonchev–Trinajstić information content (AvgIpc) is 2.55. The molecule has 8 nitrogen and oxygen atoms in total. The summed E-state index contributed by atoms with van der Waals surface area (Å²) in [5.41, 5.74) is 5.64. The van der Waals surface area contributed by atoms with Crippen LogP contribution in [0, 0.1) is 16.0 Å². The molecule has 0 aromatic heterocycles. The summed E-state index contributed by atoms with van der Waals surface area (Å²) in [6.07, 6.45) is 1.59. The van der Waals surface area contributed by atoms with Gasteiger partial charge >= 0.3 is 5.97 Å². The summed E-state index contributed by atoms with van der Waals surface area (Å²) in [5, 5.41) is 11.3. The lowest BCUT2D eigenvalue weighted by Crippen LogP contribution is -2.39. The first-order valence-corrected chi connectivity index (χ1v) is 7.88. The summed E-state index contributed by atoms with van der Waals surface area (Å²) in [4.78, 5) is 35.8. The fraction of sp³-hybridized carbons (Fsp3) is 0.500. The number of hydrogen-bond donors (Lipinski definition) is 1. The van der Waals surface area contributed by atoms with Crippen LogP contribution < -0.4 is 5.73 Å². The third-order valence-electron chi connectivity index (χ3n) is 4.09. The second-order valence-corrected chi connectivity index (χ2v) is 5.79. The van der Waals surface area contributed by atoms with Gasteiger partial charge in [0.1, 0.15) is 0 Å². The second-order valence-electron chi connectivity index (χ2n) is 5.79. The molecule has 2 rings (SSSR count). The quantitative estimate of drug-likeness (QED) is 0.478. The third kappa shape index (κ3) is 4.29. The number of amides is 1. The second kappa shape index (κ2) is 7.87. The monoisotopic (exact) mass is 335 g/mol. The summed E-state index contributed by atoms with van der Waals surface area (Å²) < 4.78 is 5.06. The number of benzene rings is 1. The zero-order chi connectivity index (χ0) is 17.7. The highest BCUT2D eigenvalue weighted by atomic mass is 16.6. The van der Waals surface area contributed by atoms with Gasteiger partial charge in [-0.25, -0.2) is 0 Å². The number of nitro benzene ring substituents is 1. The Kier molecular flexibility index (Phi) is 5.86. The van der Waals surface area contributed by atoms with Gasteiger partial charge in [0.25, 0.3) is 5.69 Å². The van der Waals surface area contributed by atoms with Crippen LogP contribution in [0.1, 0.15) is 35.7 Å². The Morgan fingerprint density at radius 3 is 2.83 bits per heavy atom. The highest BCUT2D eigenvalue weighted by Crippen LogP contribution is 2.25. The highest BCUT2D eigenvalue weighted by Gasteiger charge is 2.28. The molecule has 8 heteroatoms. The van der Waals surface area contributed by atoms with Gasteiger partial charge < -0.3 is 10.5 Å². The van der Waals surface area contributed by atoms with E-state index in [1.165, 1.54) is 12.1 Å². The van der Waals surface area contributed by atoms with Gasteiger partial charge in [-0.05, 0) is 32.4 Å². The molecule has 1 amide bonds. The summed E-state index contributed by atoms with van der Waals surface area (Å²) in [6, 6.07) is 4.23. The van der Waals surface area contributed by atoms with Crippen LogP contribution in [-0.4, -0.2) is 41.4 Å². The molecular formula is C16H21N3O5. The Morgan fingerprint density at radius 1 is 1.46 bits per heavy atom. The number of primary amides is 1. The molecule has 130 valence electrons. The van der Waals surface area contributed by atoms with Crippen molar-refractivity contribution in [1.29, 1.82) is 0 Å². The molecule has 1 aromatic rings. The lowest BCUT2D eigenvalue weighted by Gasteiger charge is -2.31. The SMILES string of the molecule is CCOC(=O)C1CCCN(Cc2ccc(C(N)=O)cc2[N+](=O)[O-])C1. The molecule has 1 heterocycles. The Labute approximate surface area is 139 Å². The zero-order valence-electron chi connectivity index (χ0n) is 13.6. The molecule has 0 aliphatic carbocycles. The minimum Gasteiger partial charge on any atom is -0.466 e. The number of esters is 1. The van der Waals surface area contributed by atoms with E-state index in [1.54, 1.807) is 13.0 Å². The normalized spacial score (nSPS) is 18.1. The van der Waals surface area contributed by atoms with Crippen LogP contribution >= 0.6 is 0 Å². The Balaban J connectivity index is 2.13. The molecule has 1 unspecified atom stereocenters. The topological polar surface area (TPSA) is 116 Å². The lowest BCUT2D eigenvalue weighted by atomic mass is 9.97. The van der Waals surface area contributed by atoms with E-state index in [0.717, 1.165) is 19.4 Å². The third-order valence-corrected chi connectivity index (χ3v) is 4.09. The molecule has 1 aliphatic rings. The first kappa shape index (κ1) is 17.9. The molecule has 1 aromatic carbocycles. The van der Waals surface area contributed by atoms with Crippen LogP contribution in [0.25, 0.3) is 0 Å². The largest absolute Gasteiger partial charge is 0.466 e. The minimum atomic E-state index is -0.704. The van der Waals surface area contributed by atoms with Crippen molar-refractivity contribution in [2.24, 2.45) is 11.7 Å². The van der Waals surface area contributed by atoms with Crippen molar-refractivity contribution in [2.45, 2.75) is 26.3 Å². The zero-order valence-corrected chi connectivity index (χ0v) is 13.6. The van der Waals surface area contributed by atoms with Gasteiger partial charge in [0, 0.05) is 30.3 Å². The number of nitrogens with two attached hydrogens (primary N) is 1. The molecule has 0 bridgehead atoms. The molecule has 0 saturated carbocycles. The number of carbonyl (C=O) groups is 2. The Morgan fingerprint density at radius 2 is 2.21 bits per heavy atom. The van der Waals surface area contributed by atoms with Crippen LogP contribution in [0.3, 0.4) is 0 Å². The fourth-order valence-electron chi connectivity index (χ4n) is 2.91. The van der Waals surface area contributed by atoms with Crippen molar-refractivity contribution in [2.75, 3.05) is 19.7 Å². The first-order chi connectivity index (χ1) is 11.4. The van der Waals surface area contributed by atoms with E-state index >= 15 is 0 Å². The minimum absolute atomic E-state index is 0.105. The Bertz CT molecular complexity index is 647. The predicted octanol–water partition coefficient (Wildman–Crippen LogP) is 1.47. The number of carbonyl (C=O) groups excluding carboxylic acids is 2. The summed E-state index contributed by atoms with van der Waals surface area (Å²) >= 11 is 0. The number of ether oxygens (including phenoxy) is 1. The van der Waals surface area contributed by atoms with Crippen LogP contribution in [0.2, 0.25) is 0 Å². The highest BCUT2D eigenvalue weighted by molar-refractivity contribution is 5.93. The number of hydrogen-bond acceptors (Lipinski definition) is 6. The van der Waals surface area contributed by atoms with Crippen molar-refractivity contribution in [3.63, 3.8) is 0 Å². The molecule has 1 saturated heterocycles. The number of nitrogens with zero attached hydrogens (tertiary/aromatic N) is 2. The van der Waals surface area contributed by atoms with Crippen molar-refractivity contribution in [1.82, 2.24) is 4.90 Å².